The van der Waals surface area contributed by atoms with Crippen molar-refractivity contribution in [2.24, 2.45) is 0 Å². The van der Waals surface area contributed by atoms with Gasteiger partial charge < -0.3 is 4.74 Å². The van der Waals surface area contributed by atoms with E-state index in [4.69, 9.17) is 4.74 Å². The first-order chi connectivity index (χ1) is 7.34. The van der Waals surface area contributed by atoms with Gasteiger partial charge in [0.05, 0.1) is 12.9 Å². The van der Waals surface area contributed by atoms with Crippen molar-refractivity contribution in [3.05, 3.63) is 53.8 Å². The van der Waals surface area contributed by atoms with Crippen LogP contribution in [0.3, 0.4) is 0 Å². The summed E-state index contributed by atoms with van der Waals surface area (Å²) >= 11 is 0. The molecule has 0 N–H and O–H groups in total. The molecule has 0 heterocycles. The van der Waals surface area contributed by atoms with E-state index in [0.29, 0.717) is 0 Å². The second-order valence-electron chi connectivity index (χ2n) is 3.42. The van der Waals surface area contributed by atoms with Crippen molar-refractivity contribution in [1.29, 1.82) is 0 Å². The van der Waals surface area contributed by atoms with Crippen molar-refractivity contribution in [2.45, 2.75) is 20.3 Å². The molecule has 15 heavy (non-hydrogen) atoms. The van der Waals surface area contributed by atoms with Crippen LogP contribution in [0.1, 0.15) is 24.5 Å². The fourth-order valence-electron chi connectivity index (χ4n) is 1.22. The van der Waals surface area contributed by atoms with Gasteiger partial charge in [0.25, 0.3) is 0 Å². The summed E-state index contributed by atoms with van der Waals surface area (Å²) in [5, 5.41) is 0. The topological polar surface area (TPSA) is 9.23 Å². The van der Waals surface area contributed by atoms with Gasteiger partial charge in [0.2, 0.25) is 0 Å². The predicted molar refractivity (Wildman–Crippen MR) is 65.6 cm³/mol. The molecule has 0 unspecified atom stereocenters. The highest BCUT2D eigenvalue weighted by atomic mass is 16.5. The average molecular weight is 202 g/mol. The lowest BCUT2D eigenvalue weighted by molar-refractivity contribution is 0.250. The van der Waals surface area contributed by atoms with E-state index in [-0.39, 0.29) is 0 Å². The molecule has 0 aliphatic carbocycles. The van der Waals surface area contributed by atoms with Gasteiger partial charge in [0.1, 0.15) is 0 Å². The number of allylic oxidation sites excluding steroid dienone is 2. The molecule has 0 fully saturated rings. The predicted octanol–water partition coefficient (Wildman–Crippen LogP) is 3.95. The highest BCUT2D eigenvalue weighted by Gasteiger charge is 1.88. The molecule has 0 aliphatic rings. The smallest absolute Gasteiger partial charge is 0.0870 e. The monoisotopic (exact) mass is 202 g/mol. The molecule has 1 nitrogen and oxygen atoms in total. The Kier molecular flexibility index (Phi) is 5.31. The van der Waals surface area contributed by atoms with E-state index in [0.717, 1.165) is 13.0 Å². The van der Waals surface area contributed by atoms with E-state index in [1.807, 2.05) is 24.3 Å². The van der Waals surface area contributed by atoms with Crippen LogP contribution in [0.2, 0.25) is 0 Å². The van der Waals surface area contributed by atoms with Crippen LogP contribution in [0.25, 0.3) is 6.08 Å². The SMILES string of the molecule is CCCO/C=C\C=C\c1ccccc1C. The lowest BCUT2D eigenvalue weighted by Gasteiger charge is -1.97. The zero-order chi connectivity index (χ0) is 10.9. The van der Waals surface area contributed by atoms with E-state index in [1.165, 1.54) is 11.1 Å². The minimum absolute atomic E-state index is 0.786. The molecular weight excluding hydrogens is 184 g/mol. The molecule has 0 aromatic heterocycles. The normalized spacial score (nSPS) is 11.3. The minimum Gasteiger partial charge on any atom is -0.501 e. The third kappa shape index (κ3) is 4.50. The highest BCUT2D eigenvalue weighted by Crippen LogP contribution is 2.08. The van der Waals surface area contributed by atoms with E-state index in [1.54, 1.807) is 6.26 Å². The quantitative estimate of drug-likeness (QED) is 0.399. The molecular formula is C14H18O. The molecule has 80 valence electrons. The fourth-order valence-corrected chi connectivity index (χ4v) is 1.22. The van der Waals surface area contributed by atoms with Gasteiger partial charge >= 0.3 is 0 Å². The van der Waals surface area contributed by atoms with Crippen molar-refractivity contribution in [3.8, 4) is 0 Å². The molecule has 1 aromatic rings. The summed E-state index contributed by atoms with van der Waals surface area (Å²) in [6.45, 7) is 4.99. The number of ether oxygens (including phenoxy) is 1. The molecule has 0 aliphatic heterocycles. The summed E-state index contributed by atoms with van der Waals surface area (Å²) in [5.74, 6) is 0. The number of aryl methyl sites for hydroxylation is 1. The Hall–Kier alpha value is -1.50. The molecule has 1 heteroatoms. The maximum absolute atomic E-state index is 5.22. The second kappa shape index (κ2) is 6.88. The summed E-state index contributed by atoms with van der Waals surface area (Å²) in [6, 6.07) is 8.31. The van der Waals surface area contributed by atoms with E-state index in [2.05, 4.69) is 32.1 Å². The minimum atomic E-state index is 0.786. The van der Waals surface area contributed by atoms with Gasteiger partial charge in [-0.2, -0.15) is 0 Å². The van der Waals surface area contributed by atoms with Crippen LogP contribution < -0.4 is 0 Å². The Bertz CT molecular complexity index is 337. The summed E-state index contributed by atoms with van der Waals surface area (Å²) in [6.07, 6.45) is 8.78. The van der Waals surface area contributed by atoms with E-state index >= 15 is 0 Å². The summed E-state index contributed by atoms with van der Waals surface area (Å²) in [4.78, 5) is 0. The van der Waals surface area contributed by atoms with Crippen LogP contribution >= 0.6 is 0 Å². The van der Waals surface area contributed by atoms with Crippen molar-refractivity contribution >= 4 is 6.08 Å². The summed E-state index contributed by atoms with van der Waals surface area (Å²) < 4.78 is 5.22. The standard InChI is InChI=1S/C14H18O/c1-3-11-15-12-7-6-10-14-9-5-4-8-13(14)2/h4-10,12H,3,11H2,1-2H3/b10-6+,12-7-. The molecule has 1 aromatic carbocycles. The zero-order valence-corrected chi connectivity index (χ0v) is 9.44. The van der Waals surface area contributed by atoms with Crippen molar-refractivity contribution < 1.29 is 4.74 Å². The van der Waals surface area contributed by atoms with Crippen LogP contribution in [0.15, 0.2) is 42.7 Å². The van der Waals surface area contributed by atoms with Crippen LogP contribution in [0.5, 0.6) is 0 Å². The largest absolute Gasteiger partial charge is 0.501 e. The Labute approximate surface area is 92.1 Å². The first-order valence-corrected chi connectivity index (χ1v) is 5.35. The maximum atomic E-state index is 5.22. The van der Waals surface area contributed by atoms with Crippen molar-refractivity contribution in [1.82, 2.24) is 0 Å². The number of benzene rings is 1. The lowest BCUT2D eigenvalue weighted by atomic mass is 10.1. The Morgan fingerprint density at radius 2 is 2.00 bits per heavy atom. The Morgan fingerprint density at radius 1 is 1.20 bits per heavy atom. The number of rotatable bonds is 5. The van der Waals surface area contributed by atoms with Gasteiger partial charge in [-0.1, -0.05) is 43.3 Å². The van der Waals surface area contributed by atoms with Gasteiger partial charge in [0.15, 0.2) is 0 Å². The van der Waals surface area contributed by atoms with Gasteiger partial charge in [0, 0.05) is 0 Å². The van der Waals surface area contributed by atoms with Crippen LogP contribution in [0.4, 0.5) is 0 Å². The number of hydrogen-bond acceptors (Lipinski definition) is 1. The highest BCUT2D eigenvalue weighted by molar-refractivity contribution is 5.54. The molecule has 0 saturated heterocycles. The maximum Gasteiger partial charge on any atom is 0.0870 e. The molecule has 0 atom stereocenters. The third-order valence-electron chi connectivity index (χ3n) is 2.07. The first-order valence-electron chi connectivity index (χ1n) is 5.35. The molecule has 0 saturated carbocycles. The van der Waals surface area contributed by atoms with Crippen molar-refractivity contribution in [2.75, 3.05) is 6.61 Å². The van der Waals surface area contributed by atoms with E-state index in [9.17, 15) is 0 Å². The first kappa shape index (κ1) is 11.6. The Morgan fingerprint density at radius 3 is 2.73 bits per heavy atom. The molecule has 0 spiro atoms. The van der Waals surface area contributed by atoms with E-state index < -0.39 is 0 Å². The summed E-state index contributed by atoms with van der Waals surface area (Å²) in [7, 11) is 0. The van der Waals surface area contributed by atoms with Gasteiger partial charge in [-0.05, 0) is 30.5 Å². The molecule has 0 radical (unpaired) electrons. The third-order valence-corrected chi connectivity index (χ3v) is 2.07. The van der Waals surface area contributed by atoms with Crippen molar-refractivity contribution in [3.63, 3.8) is 0 Å². The van der Waals surface area contributed by atoms with Gasteiger partial charge in [-0.15, -0.1) is 0 Å². The average Bonchev–Trinajstić information content (AvgIpc) is 2.25. The Balaban J connectivity index is 2.44. The molecule has 0 amide bonds. The summed E-state index contributed by atoms with van der Waals surface area (Å²) in [5.41, 5.74) is 2.54. The lowest BCUT2D eigenvalue weighted by Crippen LogP contribution is -1.81. The fraction of sp³-hybridized carbons (Fsp3) is 0.286. The van der Waals surface area contributed by atoms with Crippen LogP contribution in [-0.4, -0.2) is 6.61 Å². The second-order valence-corrected chi connectivity index (χ2v) is 3.42. The zero-order valence-electron chi connectivity index (χ0n) is 9.44. The molecule has 0 bridgehead atoms. The van der Waals surface area contributed by atoms with Gasteiger partial charge in [-0.3, -0.25) is 0 Å². The van der Waals surface area contributed by atoms with Crippen LogP contribution in [-0.2, 0) is 4.74 Å². The van der Waals surface area contributed by atoms with Gasteiger partial charge in [-0.25, -0.2) is 0 Å². The number of hydrogen-bond donors (Lipinski definition) is 0. The molecule has 1 rings (SSSR count). The van der Waals surface area contributed by atoms with Crippen LogP contribution in [0, 0.1) is 6.92 Å².